The second-order valence-corrected chi connectivity index (χ2v) is 5.44. The molecule has 1 aliphatic heterocycles. The highest BCUT2D eigenvalue weighted by Gasteiger charge is 2.16. The zero-order chi connectivity index (χ0) is 13.1. The van der Waals surface area contributed by atoms with Gasteiger partial charge in [0.2, 0.25) is 0 Å². The molecule has 0 bridgehead atoms. The highest BCUT2D eigenvalue weighted by molar-refractivity contribution is 6.31. The van der Waals surface area contributed by atoms with Gasteiger partial charge in [0.1, 0.15) is 0 Å². The first-order chi connectivity index (χ1) is 8.56. The fraction of sp³-hybridized carbons (Fsp3) is 0.692. The number of aromatic nitrogens is 2. The summed E-state index contributed by atoms with van der Waals surface area (Å²) in [5.41, 5.74) is 1.81. The number of rotatable bonds is 4. The van der Waals surface area contributed by atoms with Crippen molar-refractivity contribution in [2.75, 3.05) is 25.0 Å². The molecule has 100 valence electrons. The number of halogens is 1. The van der Waals surface area contributed by atoms with Crippen molar-refractivity contribution in [3.63, 3.8) is 0 Å². The molecule has 0 aromatic carbocycles. The summed E-state index contributed by atoms with van der Waals surface area (Å²) < 4.78 is 0. The molecule has 1 aromatic heterocycles. The van der Waals surface area contributed by atoms with Crippen molar-refractivity contribution in [3.05, 3.63) is 16.5 Å². The van der Waals surface area contributed by atoms with E-state index in [1.165, 1.54) is 25.9 Å². The van der Waals surface area contributed by atoms with E-state index in [4.69, 9.17) is 11.6 Å². The van der Waals surface area contributed by atoms with Crippen LogP contribution in [0.15, 0.2) is 0 Å². The van der Waals surface area contributed by atoms with Crippen LogP contribution in [0, 0.1) is 13.8 Å². The summed E-state index contributed by atoms with van der Waals surface area (Å²) >= 11 is 6.11. The van der Waals surface area contributed by atoms with E-state index in [1.54, 1.807) is 0 Å². The van der Waals surface area contributed by atoms with Gasteiger partial charge in [-0.15, -0.1) is 0 Å². The van der Waals surface area contributed by atoms with E-state index in [9.17, 15) is 0 Å². The third-order valence-electron chi connectivity index (χ3n) is 3.38. The van der Waals surface area contributed by atoms with Gasteiger partial charge >= 0.3 is 0 Å². The normalized spacial score (nSPS) is 18.0. The van der Waals surface area contributed by atoms with Crippen molar-refractivity contribution in [3.8, 4) is 0 Å². The molecule has 5 heteroatoms. The van der Waals surface area contributed by atoms with E-state index >= 15 is 0 Å². The smallest absolute Gasteiger partial charge is 0.171 e. The molecule has 0 aliphatic carbocycles. The predicted molar refractivity (Wildman–Crippen MR) is 75.3 cm³/mol. The number of likely N-dealkylation sites (tertiary alicyclic amines) is 1. The summed E-state index contributed by atoms with van der Waals surface area (Å²) in [5, 5.41) is 3.82. The molecule has 0 radical (unpaired) electrons. The van der Waals surface area contributed by atoms with Gasteiger partial charge in [0.25, 0.3) is 0 Å². The van der Waals surface area contributed by atoms with Crippen LogP contribution in [0.3, 0.4) is 0 Å². The molecule has 1 saturated heterocycles. The fourth-order valence-electron chi connectivity index (χ4n) is 2.30. The first-order valence-electron chi connectivity index (χ1n) is 6.56. The highest BCUT2D eigenvalue weighted by Crippen LogP contribution is 2.19. The third-order valence-corrected chi connectivity index (χ3v) is 3.64. The van der Waals surface area contributed by atoms with Crippen molar-refractivity contribution in [1.29, 1.82) is 0 Å². The molecular weight excluding hydrogens is 248 g/mol. The summed E-state index contributed by atoms with van der Waals surface area (Å²) in [5.74, 6) is 0.700. The van der Waals surface area contributed by atoms with E-state index in [-0.39, 0.29) is 0 Å². The van der Waals surface area contributed by atoms with Gasteiger partial charge < -0.3 is 10.2 Å². The Morgan fingerprint density at radius 2 is 1.83 bits per heavy atom. The molecular formula is C13H21ClN4. The zero-order valence-electron chi connectivity index (χ0n) is 11.3. The topological polar surface area (TPSA) is 41.1 Å². The Kier molecular flexibility index (Phi) is 4.40. The lowest BCUT2D eigenvalue weighted by molar-refractivity contribution is 0.327. The van der Waals surface area contributed by atoms with E-state index in [2.05, 4.69) is 27.1 Å². The summed E-state index contributed by atoms with van der Waals surface area (Å²) in [7, 11) is 0. The van der Waals surface area contributed by atoms with Gasteiger partial charge in [0.05, 0.1) is 11.4 Å². The summed E-state index contributed by atoms with van der Waals surface area (Å²) in [6, 6.07) is 0.331. The van der Waals surface area contributed by atoms with E-state index < -0.39 is 0 Å². The van der Waals surface area contributed by atoms with Gasteiger partial charge in [-0.05, 0) is 46.7 Å². The summed E-state index contributed by atoms with van der Waals surface area (Å²) in [6.45, 7) is 9.48. The molecule has 1 unspecified atom stereocenters. The van der Waals surface area contributed by atoms with Crippen LogP contribution in [0.1, 0.15) is 31.2 Å². The van der Waals surface area contributed by atoms with Gasteiger partial charge in [-0.1, -0.05) is 11.6 Å². The van der Waals surface area contributed by atoms with E-state index in [1.807, 2.05) is 13.8 Å². The van der Waals surface area contributed by atoms with Gasteiger partial charge in [-0.2, -0.15) is 0 Å². The van der Waals surface area contributed by atoms with E-state index in [0.717, 1.165) is 17.9 Å². The Labute approximate surface area is 114 Å². The SMILES string of the molecule is Cc1nc(Cl)c(NC(C)CN2CCCC2)nc1C. The number of anilines is 1. The first kappa shape index (κ1) is 13.6. The average molecular weight is 269 g/mol. The van der Waals surface area contributed by atoms with Crippen LogP contribution in [0.5, 0.6) is 0 Å². The molecule has 1 atom stereocenters. The van der Waals surface area contributed by atoms with Gasteiger partial charge in [0.15, 0.2) is 11.0 Å². The van der Waals surface area contributed by atoms with Crippen LogP contribution in [0.2, 0.25) is 5.15 Å². The maximum absolute atomic E-state index is 6.11. The Morgan fingerprint density at radius 3 is 2.50 bits per heavy atom. The summed E-state index contributed by atoms with van der Waals surface area (Å²) in [4.78, 5) is 11.2. The van der Waals surface area contributed by atoms with E-state index in [0.29, 0.717) is 17.0 Å². The third kappa shape index (κ3) is 3.33. The standard InChI is InChI=1S/C13H21ClN4/c1-9(8-18-6-4-5-7-18)15-13-12(14)16-10(2)11(3)17-13/h9H,4-8H2,1-3H3,(H,15,17). The Balaban J connectivity index is 1.97. The average Bonchev–Trinajstić information content (AvgIpc) is 2.78. The van der Waals surface area contributed by atoms with Gasteiger partial charge in [0, 0.05) is 12.6 Å². The van der Waals surface area contributed by atoms with Gasteiger partial charge in [-0.3, -0.25) is 0 Å². The predicted octanol–water partition coefficient (Wildman–Crippen LogP) is 2.64. The maximum Gasteiger partial charge on any atom is 0.171 e. The van der Waals surface area contributed by atoms with Crippen LogP contribution < -0.4 is 5.32 Å². The number of hydrogen-bond acceptors (Lipinski definition) is 4. The second kappa shape index (κ2) is 5.85. The zero-order valence-corrected chi connectivity index (χ0v) is 12.1. The van der Waals surface area contributed by atoms with Crippen LogP contribution in [0.4, 0.5) is 5.82 Å². The Morgan fingerprint density at radius 1 is 1.22 bits per heavy atom. The molecule has 1 aromatic rings. The number of nitrogens with one attached hydrogen (secondary N) is 1. The molecule has 2 heterocycles. The van der Waals surface area contributed by atoms with Crippen molar-refractivity contribution < 1.29 is 0 Å². The molecule has 1 aliphatic rings. The molecule has 1 fully saturated rings. The fourth-order valence-corrected chi connectivity index (χ4v) is 2.52. The molecule has 1 N–H and O–H groups in total. The second-order valence-electron chi connectivity index (χ2n) is 5.09. The van der Waals surface area contributed by atoms with Crippen molar-refractivity contribution in [1.82, 2.24) is 14.9 Å². The Hall–Kier alpha value is -0.870. The molecule has 18 heavy (non-hydrogen) atoms. The molecule has 4 nitrogen and oxygen atoms in total. The quantitative estimate of drug-likeness (QED) is 0.912. The maximum atomic E-state index is 6.11. The molecule has 0 spiro atoms. The largest absolute Gasteiger partial charge is 0.364 e. The van der Waals surface area contributed by atoms with Crippen molar-refractivity contribution >= 4 is 17.4 Å². The first-order valence-corrected chi connectivity index (χ1v) is 6.93. The van der Waals surface area contributed by atoms with Crippen molar-refractivity contribution in [2.45, 2.75) is 39.7 Å². The lowest BCUT2D eigenvalue weighted by Gasteiger charge is -2.22. The molecule has 2 rings (SSSR count). The minimum Gasteiger partial charge on any atom is -0.364 e. The number of aryl methyl sites for hydroxylation is 2. The lowest BCUT2D eigenvalue weighted by atomic mass is 10.3. The minimum absolute atomic E-state index is 0.331. The number of hydrogen-bond donors (Lipinski definition) is 1. The molecule has 0 saturated carbocycles. The lowest BCUT2D eigenvalue weighted by Crippen LogP contribution is -2.33. The monoisotopic (exact) mass is 268 g/mol. The van der Waals surface area contributed by atoms with Crippen LogP contribution in [-0.2, 0) is 0 Å². The van der Waals surface area contributed by atoms with Gasteiger partial charge in [-0.25, -0.2) is 9.97 Å². The Bertz CT molecular complexity index is 416. The van der Waals surface area contributed by atoms with Crippen molar-refractivity contribution in [2.24, 2.45) is 0 Å². The number of nitrogens with zero attached hydrogens (tertiary/aromatic N) is 3. The van der Waals surface area contributed by atoms with Crippen LogP contribution >= 0.6 is 11.6 Å². The summed E-state index contributed by atoms with van der Waals surface area (Å²) in [6.07, 6.45) is 2.63. The van der Waals surface area contributed by atoms with Crippen LogP contribution in [-0.4, -0.2) is 40.5 Å². The minimum atomic E-state index is 0.331. The highest BCUT2D eigenvalue weighted by atomic mass is 35.5. The molecule has 0 amide bonds. The van der Waals surface area contributed by atoms with Crippen LogP contribution in [0.25, 0.3) is 0 Å².